The van der Waals surface area contributed by atoms with E-state index in [1.807, 2.05) is 18.2 Å². The van der Waals surface area contributed by atoms with Crippen molar-refractivity contribution in [2.24, 2.45) is 0 Å². The summed E-state index contributed by atoms with van der Waals surface area (Å²) in [4.78, 5) is 0. The van der Waals surface area contributed by atoms with E-state index in [0.717, 1.165) is 17.9 Å². The Bertz CT molecular complexity index is 326. The van der Waals surface area contributed by atoms with Gasteiger partial charge in [0.05, 0.1) is 0 Å². The molecule has 0 heterocycles. The van der Waals surface area contributed by atoms with Crippen LogP contribution in [0.4, 0.5) is 0 Å². The molecule has 0 aliphatic carbocycles. The Hall–Kier alpha value is -0.750. The minimum atomic E-state index is 0.251. The van der Waals surface area contributed by atoms with Gasteiger partial charge < -0.3 is 0 Å². The zero-order valence-electron chi connectivity index (χ0n) is 10.3. The maximum atomic E-state index is 5.94. The Labute approximate surface area is 104 Å². The quantitative estimate of drug-likeness (QED) is 0.583. The van der Waals surface area contributed by atoms with Crippen LogP contribution in [0.5, 0.6) is 0 Å². The van der Waals surface area contributed by atoms with E-state index in [1.54, 1.807) is 0 Å². The molecule has 1 aromatic rings. The molecule has 0 aliphatic rings. The molecular formula is C15H21Cl. The normalized spacial score (nSPS) is 14.4. The van der Waals surface area contributed by atoms with Gasteiger partial charge in [-0.2, -0.15) is 0 Å². The molecule has 1 aromatic carbocycles. The topological polar surface area (TPSA) is 0 Å². The summed E-state index contributed by atoms with van der Waals surface area (Å²) in [5.74, 6) is 0. The van der Waals surface area contributed by atoms with Gasteiger partial charge in [-0.1, -0.05) is 50.1 Å². The second-order valence-electron chi connectivity index (χ2n) is 4.38. The van der Waals surface area contributed by atoms with Gasteiger partial charge in [0, 0.05) is 5.02 Å². The predicted molar refractivity (Wildman–Crippen MR) is 73.1 cm³/mol. The van der Waals surface area contributed by atoms with E-state index >= 15 is 0 Å². The molecule has 0 amide bonds. The third-order valence-electron chi connectivity index (χ3n) is 3.40. The Morgan fingerprint density at radius 3 is 2.31 bits per heavy atom. The summed E-state index contributed by atoms with van der Waals surface area (Å²) in [6.45, 7) is 8.39. The first-order valence-electron chi connectivity index (χ1n) is 6.05. The summed E-state index contributed by atoms with van der Waals surface area (Å²) in [6, 6.07) is 8.29. The Balaban J connectivity index is 3.07. The number of allylic oxidation sites excluding steroid dienone is 1. The largest absolute Gasteiger partial charge is 0.103 e. The van der Waals surface area contributed by atoms with E-state index in [1.165, 1.54) is 18.4 Å². The van der Waals surface area contributed by atoms with E-state index in [2.05, 4.69) is 32.6 Å². The maximum absolute atomic E-state index is 5.94. The molecule has 0 fully saturated rings. The summed E-state index contributed by atoms with van der Waals surface area (Å²) >= 11 is 5.94. The average Bonchev–Trinajstić information content (AvgIpc) is 2.29. The van der Waals surface area contributed by atoms with Crippen molar-refractivity contribution < 1.29 is 0 Å². The van der Waals surface area contributed by atoms with E-state index in [0.29, 0.717) is 0 Å². The van der Waals surface area contributed by atoms with Crippen molar-refractivity contribution in [3.8, 4) is 0 Å². The molecule has 1 unspecified atom stereocenters. The molecular weight excluding hydrogens is 216 g/mol. The monoisotopic (exact) mass is 236 g/mol. The van der Waals surface area contributed by atoms with Crippen molar-refractivity contribution in [2.45, 2.75) is 44.9 Å². The van der Waals surface area contributed by atoms with Crippen LogP contribution in [0.3, 0.4) is 0 Å². The average molecular weight is 237 g/mol. The van der Waals surface area contributed by atoms with Gasteiger partial charge in [-0.25, -0.2) is 0 Å². The van der Waals surface area contributed by atoms with Crippen molar-refractivity contribution in [3.05, 3.63) is 47.5 Å². The predicted octanol–water partition coefficient (Wildman–Crippen LogP) is 5.36. The lowest BCUT2D eigenvalue weighted by molar-refractivity contribution is 0.379. The fraction of sp³-hybridized carbons (Fsp3) is 0.467. The molecule has 0 saturated carbocycles. The van der Waals surface area contributed by atoms with Crippen molar-refractivity contribution in [1.29, 1.82) is 0 Å². The van der Waals surface area contributed by atoms with Gasteiger partial charge in [-0.3, -0.25) is 0 Å². The molecule has 0 aromatic heterocycles. The molecule has 1 rings (SSSR count). The molecule has 0 radical (unpaired) electrons. The molecule has 0 N–H and O–H groups in total. The molecule has 88 valence electrons. The molecule has 1 heteroatoms. The van der Waals surface area contributed by atoms with Crippen LogP contribution in [0.25, 0.3) is 0 Å². The van der Waals surface area contributed by atoms with Crippen LogP contribution in [0, 0.1) is 0 Å². The van der Waals surface area contributed by atoms with E-state index < -0.39 is 0 Å². The third-order valence-corrected chi connectivity index (χ3v) is 3.65. The Morgan fingerprint density at radius 1 is 1.25 bits per heavy atom. The number of hydrogen-bond acceptors (Lipinski definition) is 0. The van der Waals surface area contributed by atoms with E-state index in [9.17, 15) is 0 Å². The summed E-state index contributed by atoms with van der Waals surface area (Å²) in [6.07, 6.45) is 6.63. The number of hydrogen-bond donors (Lipinski definition) is 0. The lowest BCUT2D eigenvalue weighted by atomic mass is 9.72. The Kier molecular flexibility index (Phi) is 5.08. The van der Waals surface area contributed by atoms with Gasteiger partial charge in [-0.05, 0) is 42.4 Å². The highest BCUT2D eigenvalue weighted by Gasteiger charge is 2.27. The summed E-state index contributed by atoms with van der Waals surface area (Å²) < 4.78 is 0. The summed E-state index contributed by atoms with van der Waals surface area (Å²) in [7, 11) is 0. The first-order valence-corrected chi connectivity index (χ1v) is 6.43. The van der Waals surface area contributed by atoms with Gasteiger partial charge in [0.1, 0.15) is 0 Å². The van der Waals surface area contributed by atoms with Gasteiger partial charge in [0.2, 0.25) is 0 Å². The Morgan fingerprint density at radius 2 is 1.88 bits per heavy atom. The smallest absolute Gasteiger partial charge is 0.0406 e. The lowest BCUT2D eigenvalue weighted by Gasteiger charge is -2.32. The van der Waals surface area contributed by atoms with Crippen molar-refractivity contribution >= 4 is 11.6 Å². The van der Waals surface area contributed by atoms with E-state index in [4.69, 9.17) is 11.6 Å². The van der Waals surface area contributed by atoms with Gasteiger partial charge in [0.15, 0.2) is 0 Å². The number of benzene rings is 1. The fourth-order valence-electron chi connectivity index (χ4n) is 2.45. The highest BCUT2D eigenvalue weighted by molar-refractivity contribution is 6.30. The standard InChI is InChI=1S/C15H21Cl/c1-4-11-15(6-3,12-5-2)13-7-9-14(16)10-8-13/h4,7-10H,1,5-6,11-12H2,2-3H3. The van der Waals surface area contributed by atoms with Gasteiger partial charge >= 0.3 is 0 Å². The second kappa shape index (κ2) is 6.10. The first kappa shape index (κ1) is 13.3. The first-order chi connectivity index (χ1) is 7.68. The van der Waals surface area contributed by atoms with Crippen molar-refractivity contribution in [1.82, 2.24) is 0 Å². The third kappa shape index (κ3) is 2.89. The summed E-state index contributed by atoms with van der Waals surface area (Å²) in [5, 5.41) is 0.809. The minimum absolute atomic E-state index is 0.251. The van der Waals surface area contributed by atoms with Crippen LogP contribution < -0.4 is 0 Å². The minimum Gasteiger partial charge on any atom is -0.103 e. The van der Waals surface area contributed by atoms with Crippen LogP contribution in [0.2, 0.25) is 5.02 Å². The highest BCUT2D eigenvalue weighted by Crippen LogP contribution is 2.37. The number of rotatable bonds is 6. The van der Waals surface area contributed by atoms with Gasteiger partial charge in [0.25, 0.3) is 0 Å². The van der Waals surface area contributed by atoms with Crippen LogP contribution in [-0.4, -0.2) is 0 Å². The molecule has 0 nitrogen and oxygen atoms in total. The van der Waals surface area contributed by atoms with Crippen molar-refractivity contribution in [3.63, 3.8) is 0 Å². The van der Waals surface area contributed by atoms with Crippen LogP contribution >= 0.6 is 11.6 Å². The van der Waals surface area contributed by atoms with Crippen LogP contribution in [0.15, 0.2) is 36.9 Å². The van der Waals surface area contributed by atoms with E-state index in [-0.39, 0.29) is 5.41 Å². The fourth-order valence-corrected chi connectivity index (χ4v) is 2.57. The molecule has 1 atom stereocenters. The molecule has 0 spiro atoms. The molecule has 16 heavy (non-hydrogen) atoms. The maximum Gasteiger partial charge on any atom is 0.0406 e. The molecule has 0 aliphatic heterocycles. The lowest BCUT2D eigenvalue weighted by Crippen LogP contribution is -2.24. The second-order valence-corrected chi connectivity index (χ2v) is 4.82. The molecule has 0 bridgehead atoms. The van der Waals surface area contributed by atoms with Crippen molar-refractivity contribution in [2.75, 3.05) is 0 Å². The van der Waals surface area contributed by atoms with Crippen LogP contribution in [-0.2, 0) is 5.41 Å². The zero-order chi connectivity index (χ0) is 12.0. The van der Waals surface area contributed by atoms with Crippen LogP contribution in [0.1, 0.15) is 45.1 Å². The van der Waals surface area contributed by atoms with Gasteiger partial charge in [-0.15, -0.1) is 6.58 Å². The molecule has 0 saturated heterocycles. The highest BCUT2D eigenvalue weighted by atomic mass is 35.5. The summed E-state index contributed by atoms with van der Waals surface area (Å²) in [5.41, 5.74) is 1.64. The zero-order valence-corrected chi connectivity index (χ0v) is 11.1. The SMILES string of the molecule is C=CCC(CC)(CCC)c1ccc(Cl)cc1. The number of halogens is 1.